The lowest BCUT2D eigenvalue weighted by Gasteiger charge is -2.38. The van der Waals surface area contributed by atoms with Gasteiger partial charge in [0.1, 0.15) is 4.60 Å². The van der Waals surface area contributed by atoms with Crippen molar-refractivity contribution in [2.45, 2.75) is 39.0 Å². The molecule has 2 aliphatic rings. The van der Waals surface area contributed by atoms with Gasteiger partial charge in [0.2, 0.25) is 0 Å². The van der Waals surface area contributed by atoms with Crippen molar-refractivity contribution < 1.29 is 4.79 Å². The Morgan fingerprint density at radius 1 is 1.22 bits per heavy atom. The van der Waals surface area contributed by atoms with Crippen LogP contribution in [-0.2, 0) is 11.2 Å². The Hall–Kier alpha value is -1.68. The van der Waals surface area contributed by atoms with Crippen molar-refractivity contribution in [2.75, 3.05) is 0 Å². The molecule has 1 atom stereocenters. The van der Waals surface area contributed by atoms with E-state index in [9.17, 15) is 4.79 Å². The van der Waals surface area contributed by atoms with Gasteiger partial charge in [-0.1, -0.05) is 49.8 Å². The SMILES string of the molecule is CC1(C)CC(=O)C2=C(Cc3[nH]nc(Br)c3C2c2ccccc2)C1. The number of nitrogens with one attached hydrogen (secondary N) is 1. The van der Waals surface area contributed by atoms with Crippen LogP contribution >= 0.6 is 15.9 Å². The first-order chi connectivity index (χ1) is 11.0. The number of aromatic nitrogens is 2. The molecule has 1 N–H and O–H groups in total. The lowest BCUT2D eigenvalue weighted by atomic mass is 9.65. The topological polar surface area (TPSA) is 45.8 Å². The smallest absolute Gasteiger partial charge is 0.160 e. The molecule has 0 saturated heterocycles. The van der Waals surface area contributed by atoms with Crippen LogP contribution < -0.4 is 0 Å². The third kappa shape index (κ3) is 2.40. The summed E-state index contributed by atoms with van der Waals surface area (Å²) in [5.41, 5.74) is 5.76. The fourth-order valence-electron chi connectivity index (χ4n) is 4.11. The largest absolute Gasteiger partial charge is 0.294 e. The molecule has 118 valence electrons. The van der Waals surface area contributed by atoms with E-state index in [1.165, 1.54) is 5.57 Å². The lowest BCUT2D eigenvalue weighted by Crippen LogP contribution is -2.32. The number of carbonyl (C=O) groups excluding carboxylic acids is 1. The van der Waals surface area contributed by atoms with Crippen LogP contribution in [0.4, 0.5) is 0 Å². The van der Waals surface area contributed by atoms with E-state index in [-0.39, 0.29) is 11.3 Å². The van der Waals surface area contributed by atoms with Crippen LogP contribution in [0.15, 0.2) is 46.1 Å². The van der Waals surface area contributed by atoms with Crippen molar-refractivity contribution in [1.29, 1.82) is 0 Å². The van der Waals surface area contributed by atoms with Crippen molar-refractivity contribution in [2.24, 2.45) is 5.41 Å². The summed E-state index contributed by atoms with van der Waals surface area (Å²) in [6.07, 6.45) is 2.41. The standard InChI is InChI=1S/C19H19BrN2O/c1-19(2)9-12-8-13-17(18(20)22-21-13)16(15(12)14(23)10-19)11-6-4-3-5-7-11/h3-7,16H,8-10H2,1-2H3,(H,21,22). The zero-order chi connectivity index (χ0) is 16.2. The predicted octanol–water partition coefficient (Wildman–Crippen LogP) is 4.55. The van der Waals surface area contributed by atoms with Crippen LogP contribution in [0.2, 0.25) is 0 Å². The van der Waals surface area contributed by atoms with Crippen molar-refractivity contribution in [3.63, 3.8) is 0 Å². The summed E-state index contributed by atoms with van der Waals surface area (Å²) >= 11 is 3.57. The number of hydrogen-bond acceptors (Lipinski definition) is 2. The quantitative estimate of drug-likeness (QED) is 0.800. The summed E-state index contributed by atoms with van der Waals surface area (Å²) < 4.78 is 0.825. The second-order valence-corrected chi connectivity index (χ2v) is 8.14. The minimum Gasteiger partial charge on any atom is -0.294 e. The average Bonchev–Trinajstić information content (AvgIpc) is 2.86. The second kappa shape index (κ2) is 5.17. The number of aromatic amines is 1. The van der Waals surface area contributed by atoms with E-state index in [2.05, 4.69) is 52.1 Å². The molecule has 0 saturated carbocycles. The minimum absolute atomic E-state index is 0.00771. The molecule has 2 aliphatic carbocycles. The number of benzene rings is 1. The third-order valence-electron chi connectivity index (χ3n) is 4.95. The third-order valence-corrected chi connectivity index (χ3v) is 5.55. The Labute approximate surface area is 144 Å². The highest BCUT2D eigenvalue weighted by atomic mass is 79.9. The predicted molar refractivity (Wildman–Crippen MR) is 93.3 cm³/mol. The maximum atomic E-state index is 13.0. The van der Waals surface area contributed by atoms with Crippen LogP contribution in [0.3, 0.4) is 0 Å². The van der Waals surface area contributed by atoms with Gasteiger partial charge >= 0.3 is 0 Å². The summed E-state index contributed by atoms with van der Waals surface area (Å²) in [6.45, 7) is 4.37. The molecule has 4 heteroatoms. The molecule has 2 aromatic rings. The minimum atomic E-state index is -0.00771. The van der Waals surface area contributed by atoms with Gasteiger partial charge in [-0.2, -0.15) is 5.10 Å². The van der Waals surface area contributed by atoms with Gasteiger partial charge in [0.05, 0.1) is 0 Å². The van der Waals surface area contributed by atoms with Gasteiger partial charge in [-0.15, -0.1) is 0 Å². The van der Waals surface area contributed by atoms with Crippen LogP contribution in [0.1, 0.15) is 49.4 Å². The van der Waals surface area contributed by atoms with Crippen molar-refractivity contribution in [3.05, 3.63) is 62.9 Å². The molecule has 1 aromatic carbocycles. The number of carbonyl (C=O) groups is 1. The fraction of sp³-hybridized carbons (Fsp3) is 0.368. The highest BCUT2D eigenvalue weighted by Crippen LogP contribution is 2.49. The molecule has 0 spiro atoms. The first-order valence-electron chi connectivity index (χ1n) is 7.99. The Kier molecular flexibility index (Phi) is 3.34. The number of ketones is 1. The molecular weight excluding hydrogens is 352 g/mol. The van der Waals surface area contributed by atoms with E-state index in [1.807, 2.05) is 18.2 Å². The second-order valence-electron chi connectivity index (χ2n) is 7.39. The summed E-state index contributed by atoms with van der Waals surface area (Å²) in [5, 5.41) is 7.51. The lowest BCUT2D eigenvalue weighted by molar-refractivity contribution is -0.118. The van der Waals surface area contributed by atoms with Crippen molar-refractivity contribution in [1.82, 2.24) is 10.2 Å². The molecule has 0 amide bonds. The zero-order valence-electron chi connectivity index (χ0n) is 13.3. The monoisotopic (exact) mass is 370 g/mol. The Morgan fingerprint density at radius 3 is 2.70 bits per heavy atom. The molecule has 1 aromatic heterocycles. The molecule has 1 unspecified atom stereocenters. The van der Waals surface area contributed by atoms with Crippen molar-refractivity contribution >= 4 is 21.7 Å². The molecule has 23 heavy (non-hydrogen) atoms. The molecule has 0 aliphatic heterocycles. The van der Waals surface area contributed by atoms with Gasteiger partial charge in [-0.05, 0) is 33.3 Å². The molecule has 4 rings (SSSR count). The maximum absolute atomic E-state index is 13.0. The van der Waals surface area contributed by atoms with Gasteiger partial charge in [-0.25, -0.2) is 0 Å². The Balaban J connectivity index is 1.94. The molecule has 1 heterocycles. The number of allylic oxidation sites excluding steroid dienone is 2. The maximum Gasteiger partial charge on any atom is 0.160 e. The summed E-state index contributed by atoms with van der Waals surface area (Å²) in [6, 6.07) is 10.3. The normalized spacial score (nSPS) is 22.7. The Morgan fingerprint density at radius 2 is 1.96 bits per heavy atom. The van der Waals surface area contributed by atoms with E-state index >= 15 is 0 Å². The first kappa shape index (κ1) is 14.9. The molecule has 0 bridgehead atoms. The summed E-state index contributed by atoms with van der Waals surface area (Å²) in [7, 11) is 0. The molecule has 0 fully saturated rings. The van der Waals surface area contributed by atoms with Gasteiger partial charge in [-0.3, -0.25) is 9.89 Å². The highest BCUT2D eigenvalue weighted by Gasteiger charge is 2.41. The average molecular weight is 371 g/mol. The number of halogens is 1. The van der Waals surface area contributed by atoms with Gasteiger partial charge < -0.3 is 0 Å². The van der Waals surface area contributed by atoms with E-state index in [0.29, 0.717) is 12.2 Å². The number of fused-ring (bicyclic) bond motifs is 1. The van der Waals surface area contributed by atoms with E-state index < -0.39 is 0 Å². The molecule has 0 radical (unpaired) electrons. The zero-order valence-corrected chi connectivity index (χ0v) is 14.9. The van der Waals surface area contributed by atoms with Crippen LogP contribution in [0, 0.1) is 5.41 Å². The highest BCUT2D eigenvalue weighted by molar-refractivity contribution is 9.10. The van der Waals surface area contributed by atoms with Gasteiger partial charge in [0.15, 0.2) is 5.78 Å². The number of Topliss-reactive ketones (excluding diaryl/α,β-unsaturated/α-hetero) is 1. The Bertz CT molecular complexity index is 817. The van der Waals surface area contributed by atoms with E-state index in [1.54, 1.807) is 0 Å². The molecular formula is C19H19BrN2O. The van der Waals surface area contributed by atoms with Gasteiger partial charge in [0, 0.05) is 35.6 Å². The van der Waals surface area contributed by atoms with Crippen LogP contribution in [0.25, 0.3) is 0 Å². The summed E-state index contributed by atoms with van der Waals surface area (Å²) in [4.78, 5) is 13.0. The first-order valence-corrected chi connectivity index (χ1v) is 8.78. The van der Waals surface area contributed by atoms with Crippen LogP contribution in [-0.4, -0.2) is 16.0 Å². The summed E-state index contributed by atoms with van der Waals surface area (Å²) in [5.74, 6) is 0.288. The van der Waals surface area contributed by atoms with Crippen LogP contribution in [0.5, 0.6) is 0 Å². The number of nitrogens with zero attached hydrogens (tertiary/aromatic N) is 1. The van der Waals surface area contributed by atoms with Crippen molar-refractivity contribution in [3.8, 4) is 0 Å². The van der Waals surface area contributed by atoms with E-state index in [4.69, 9.17) is 0 Å². The number of rotatable bonds is 1. The van der Waals surface area contributed by atoms with Gasteiger partial charge in [0.25, 0.3) is 0 Å². The van der Waals surface area contributed by atoms with E-state index in [0.717, 1.165) is 39.8 Å². The number of H-pyrrole nitrogens is 1. The fourth-order valence-corrected chi connectivity index (χ4v) is 4.67. The number of hydrogen-bond donors (Lipinski definition) is 1. The molecule has 3 nitrogen and oxygen atoms in total.